The third kappa shape index (κ3) is 2.77. The van der Waals surface area contributed by atoms with Crippen LogP contribution in [0.15, 0.2) is 36.4 Å². The van der Waals surface area contributed by atoms with Crippen LogP contribution in [0.5, 0.6) is 0 Å². The maximum absolute atomic E-state index is 13.7. The fraction of sp³-hybridized carbons (Fsp3) is 0.235. The molecule has 0 aliphatic carbocycles. The van der Waals surface area contributed by atoms with Crippen molar-refractivity contribution in [3.8, 4) is 0 Å². The molecule has 0 radical (unpaired) electrons. The normalized spacial score (nSPS) is 10.6. The van der Waals surface area contributed by atoms with Crippen molar-refractivity contribution in [3.05, 3.63) is 70.3 Å². The summed E-state index contributed by atoms with van der Waals surface area (Å²) in [6, 6.07) is 8.40. The minimum atomic E-state index is -0.826. The van der Waals surface area contributed by atoms with Gasteiger partial charge >= 0.3 is 0 Å². The number of hydrogen-bond acceptors (Lipinski definition) is 1. The van der Waals surface area contributed by atoms with Gasteiger partial charge in [-0.15, -0.1) is 0 Å². The molecule has 0 N–H and O–H groups in total. The van der Waals surface area contributed by atoms with E-state index < -0.39 is 17.4 Å². The summed E-state index contributed by atoms with van der Waals surface area (Å²) >= 11 is 0. The van der Waals surface area contributed by atoms with Gasteiger partial charge in [-0.3, -0.25) is 4.79 Å². The fourth-order valence-corrected chi connectivity index (χ4v) is 2.27. The van der Waals surface area contributed by atoms with Crippen molar-refractivity contribution >= 4 is 5.78 Å². The molecule has 0 heterocycles. The van der Waals surface area contributed by atoms with Crippen LogP contribution in [0.2, 0.25) is 0 Å². The average molecular weight is 274 g/mol. The second kappa shape index (κ2) is 5.95. The lowest BCUT2D eigenvalue weighted by Gasteiger charge is -2.09. The van der Waals surface area contributed by atoms with Gasteiger partial charge in [0.2, 0.25) is 0 Å². The third-order valence-corrected chi connectivity index (χ3v) is 3.41. The van der Waals surface area contributed by atoms with Gasteiger partial charge in [-0.25, -0.2) is 8.78 Å². The second-order valence-corrected chi connectivity index (χ2v) is 4.64. The molecular formula is C17H16F2O. The van der Waals surface area contributed by atoms with E-state index in [9.17, 15) is 13.6 Å². The first-order chi connectivity index (χ1) is 9.56. The molecule has 104 valence electrons. The first-order valence-corrected chi connectivity index (χ1v) is 6.68. The zero-order valence-corrected chi connectivity index (χ0v) is 11.5. The Balaban J connectivity index is 2.43. The van der Waals surface area contributed by atoms with E-state index in [0.717, 1.165) is 30.5 Å². The van der Waals surface area contributed by atoms with Crippen LogP contribution in [0.1, 0.15) is 40.9 Å². The van der Waals surface area contributed by atoms with Gasteiger partial charge in [-0.2, -0.15) is 0 Å². The lowest BCUT2D eigenvalue weighted by molar-refractivity contribution is 0.103. The summed E-state index contributed by atoms with van der Waals surface area (Å²) in [4.78, 5) is 12.3. The Bertz CT molecular complexity index is 647. The summed E-state index contributed by atoms with van der Waals surface area (Å²) in [6.45, 7) is 4.07. The molecule has 0 fully saturated rings. The predicted molar refractivity (Wildman–Crippen MR) is 75.0 cm³/mol. The van der Waals surface area contributed by atoms with E-state index in [-0.39, 0.29) is 5.56 Å². The van der Waals surface area contributed by atoms with E-state index in [1.165, 1.54) is 11.6 Å². The maximum atomic E-state index is 13.7. The number of ketones is 1. The highest BCUT2D eigenvalue weighted by molar-refractivity contribution is 6.09. The van der Waals surface area contributed by atoms with Crippen LogP contribution in [0.4, 0.5) is 8.78 Å². The minimum absolute atomic E-state index is 0.0994. The number of carbonyl (C=O) groups excluding carboxylic acids is 1. The summed E-state index contributed by atoms with van der Waals surface area (Å²) in [5.74, 6) is -1.93. The van der Waals surface area contributed by atoms with Crippen molar-refractivity contribution in [2.45, 2.75) is 26.7 Å². The number of aryl methyl sites for hydroxylation is 2. The Morgan fingerprint density at radius 2 is 1.65 bits per heavy atom. The van der Waals surface area contributed by atoms with Crippen molar-refractivity contribution in [2.24, 2.45) is 0 Å². The Morgan fingerprint density at radius 3 is 2.25 bits per heavy atom. The molecule has 20 heavy (non-hydrogen) atoms. The van der Waals surface area contributed by atoms with E-state index in [1.54, 1.807) is 12.1 Å². The average Bonchev–Trinajstić information content (AvgIpc) is 2.45. The van der Waals surface area contributed by atoms with Crippen LogP contribution in [0.25, 0.3) is 0 Å². The Morgan fingerprint density at radius 1 is 0.950 bits per heavy atom. The number of benzene rings is 2. The van der Waals surface area contributed by atoms with Crippen molar-refractivity contribution in [2.75, 3.05) is 0 Å². The summed E-state index contributed by atoms with van der Waals surface area (Å²) in [6.07, 6.45) is 1.71. The number of halogens is 2. The second-order valence-electron chi connectivity index (χ2n) is 4.64. The first-order valence-electron chi connectivity index (χ1n) is 6.68. The van der Waals surface area contributed by atoms with Crippen LogP contribution in [-0.4, -0.2) is 5.78 Å². The number of carbonyl (C=O) groups is 1. The van der Waals surface area contributed by atoms with Crippen molar-refractivity contribution < 1.29 is 13.6 Å². The smallest absolute Gasteiger partial charge is 0.195 e. The Labute approximate surface area is 117 Å². The lowest BCUT2D eigenvalue weighted by atomic mass is 9.96. The van der Waals surface area contributed by atoms with Crippen molar-refractivity contribution in [3.63, 3.8) is 0 Å². The number of hydrogen-bond donors (Lipinski definition) is 0. The van der Waals surface area contributed by atoms with Gasteiger partial charge in [0.25, 0.3) is 0 Å². The molecule has 0 aliphatic rings. The van der Waals surface area contributed by atoms with E-state index >= 15 is 0 Å². The molecule has 0 unspecified atom stereocenters. The van der Waals surface area contributed by atoms with Crippen molar-refractivity contribution in [1.29, 1.82) is 0 Å². The Kier molecular flexibility index (Phi) is 4.28. The largest absolute Gasteiger partial charge is 0.288 e. The van der Waals surface area contributed by atoms with Crippen LogP contribution in [0, 0.1) is 11.6 Å². The summed E-state index contributed by atoms with van der Waals surface area (Å²) < 4.78 is 26.5. The van der Waals surface area contributed by atoms with Gasteiger partial charge in [0.1, 0.15) is 11.6 Å². The highest BCUT2D eigenvalue weighted by Crippen LogP contribution is 2.19. The molecule has 0 aromatic heterocycles. The van der Waals surface area contributed by atoms with Crippen LogP contribution in [-0.2, 0) is 12.8 Å². The van der Waals surface area contributed by atoms with Crippen molar-refractivity contribution in [1.82, 2.24) is 0 Å². The third-order valence-electron chi connectivity index (χ3n) is 3.41. The van der Waals surface area contributed by atoms with E-state index in [0.29, 0.717) is 5.56 Å². The SMILES string of the molecule is CCc1ccc(C(=O)c2ccc(F)cc2F)cc1CC. The van der Waals surface area contributed by atoms with Gasteiger partial charge in [0, 0.05) is 11.6 Å². The van der Waals surface area contributed by atoms with Gasteiger partial charge in [0.05, 0.1) is 5.56 Å². The van der Waals surface area contributed by atoms with Gasteiger partial charge in [-0.1, -0.05) is 26.0 Å². The molecule has 2 aromatic rings. The quantitative estimate of drug-likeness (QED) is 0.759. The van der Waals surface area contributed by atoms with E-state index in [1.807, 2.05) is 13.0 Å². The molecule has 0 saturated heterocycles. The fourth-order valence-electron chi connectivity index (χ4n) is 2.27. The monoisotopic (exact) mass is 274 g/mol. The molecule has 0 amide bonds. The molecule has 0 bridgehead atoms. The molecule has 0 aliphatic heterocycles. The number of rotatable bonds is 4. The van der Waals surface area contributed by atoms with Crippen LogP contribution in [0.3, 0.4) is 0 Å². The van der Waals surface area contributed by atoms with Gasteiger partial charge in [-0.05, 0) is 42.2 Å². The molecule has 1 nitrogen and oxygen atoms in total. The molecule has 2 aromatic carbocycles. The van der Waals surface area contributed by atoms with E-state index in [4.69, 9.17) is 0 Å². The molecule has 0 spiro atoms. The minimum Gasteiger partial charge on any atom is -0.288 e. The standard InChI is InChI=1S/C17H16F2O/c1-3-11-5-6-13(9-12(11)4-2)17(20)15-8-7-14(18)10-16(15)19/h5-10H,3-4H2,1-2H3. The lowest BCUT2D eigenvalue weighted by Crippen LogP contribution is -2.06. The summed E-state index contributed by atoms with van der Waals surface area (Å²) in [5, 5.41) is 0. The summed E-state index contributed by atoms with van der Waals surface area (Å²) in [5.41, 5.74) is 2.60. The zero-order valence-electron chi connectivity index (χ0n) is 11.5. The highest BCUT2D eigenvalue weighted by atomic mass is 19.1. The van der Waals surface area contributed by atoms with Crippen LogP contribution >= 0.6 is 0 Å². The first kappa shape index (κ1) is 14.4. The summed E-state index contributed by atoms with van der Waals surface area (Å²) in [7, 11) is 0. The Hall–Kier alpha value is -2.03. The molecular weight excluding hydrogens is 258 g/mol. The molecule has 2 rings (SSSR count). The van der Waals surface area contributed by atoms with E-state index in [2.05, 4.69) is 6.92 Å². The molecule has 0 atom stereocenters. The highest BCUT2D eigenvalue weighted by Gasteiger charge is 2.15. The van der Waals surface area contributed by atoms with Gasteiger partial charge in [0.15, 0.2) is 5.78 Å². The maximum Gasteiger partial charge on any atom is 0.195 e. The predicted octanol–water partition coefficient (Wildman–Crippen LogP) is 4.32. The van der Waals surface area contributed by atoms with Gasteiger partial charge < -0.3 is 0 Å². The molecule has 3 heteroatoms. The van der Waals surface area contributed by atoms with Crippen LogP contribution < -0.4 is 0 Å². The zero-order chi connectivity index (χ0) is 14.7. The molecule has 0 saturated carbocycles. The topological polar surface area (TPSA) is 17.1 Å².